The van der Waals surface area contributed by atoms with Crippen molar-refractivity contribution >= 4 is 11.6 Å². The third-order valence-electron chi connectivity index (χ3n) is 2.98. The average Bonchev–Trinajstić information content (AvgIpc) is 2.38. The topological polar surface area (TPSA) is 50.8 Å². The number of hydroxylamine groups is 2. The third-order valence-corrected chi connectivity index (χ3v) is 2.98. The van der Waals surface area contributed by atoms with E-state index in [1.807, 2.05) is 25.1 Å². The smallest absolute Gasteiger partial charge is 0.249 e. The van der Waals surface area contributed by atoms with Crippen molar-refractivity contribution in [3.63, 3.8) is 0 Å². The molecule has 0 saturated carbocycles. The highest BCUT2D eigenvalue weighted by molar-refractivity contribution is 5.75. The number of carbonyl (C=O) groups is 1. The molecule has 0 aromatic heterocycles. The highest BCUT2D eigenvalue weighted by atomic mass is 16.7. The Morgan fingerprint density at radius 3 is 3.11 bits per heavy atom. The van der Waals surface area contributed by atoms with Gasteiger partial charge in [0, 0.05) is 7.05 Å². The molecule has 0 spiro atoms. The van der Waals surface area contributed by atoms with E-state index in [-0.39, 0.29) is 12.0 Å². The van der Waals surface area contributed by atoms with Crippen LogP contribution in [0, 0.1) is 6.92 Å². The van der Waals surface area contributed by atoms with Gasteiger partial charge >= 0.3 is 0 Å². The zero-order valence-electron chi connectivity index (χ0n) is 10.9. The fraction of sp³-hybridized carbons (Fsp3) is 0.462. The van der Waals surface area contributed by atoms with Gasteiger partial charge in [-0.05, 0) is 24.6 Å². The van der Waals surface area contributed by atoms with Gasteiger partial charge in [-0.1, -0.05) is 6.07 Å². The molecule has 1 aliphatic heterocycles. The highest BCUT2D eigenvalue weighted by Crippen LogP contribution is 2.30. The molecule has 0 bridgehead atoms. The van der Waals surface area contributed by atoms with Crippen molar-refractivity contribution in [1.82, 2.24) is 5.06 Å². The molecule has 18 heavy (non-hydrogen) atoms. The normalized spacial score (nSPS) is 17.4. The maximum Gasteiger partial charge on any atom is 0.249 e. The molecule has 5 heteroatoms. The Morgan fingerprint density at radius 2 is 2.39 bits per heavy atom. The van der Waals surface area contributed by atoms with Crippen LogP contribution < -0.4 is 10.1 Å². The van der Waals surface area contributed by atoms with E-state index in [2.05, 4.69) is 5.32 Å². The molecule has 1 aromatic carbocycles. The van der Waals surface area contributed by atoms with Crippen molar-refractivity contribution in [2.24, 2.45) is 0 Å². The van der Waals surface area contributed by atoms with E-state index in [9.17, 15) is 4.79 Å². The second-order valence-electron chi connectivity index (χ2n) is 4.40. The molecule has 1 aromatic rings. The third kappa shape index (κ3) is 2.73. The van der Waals surface area contributed by atoms with E-state index in [0.717, 1.165) is 11.4 Å². The molecule has 98 valence electrons. The van der Waals surface area contributed by atoms with Gasteiger partial charge in [-0.2, -0.15) is 0 Å². The number of nitrogens with one attached hydrogen (secondary N) is 1. The van der Waals surface area contributed by atoms with Crippen LogP contribution >= 0.6 is 0 Å². The van der Waals surface area contributed by atoms with Crippen LogP contribution in [-0.4, -0.2) is 37.8 Å². The summed E-state index contributed by atoms with van der Waals surface area (Å²) < 4.78 is 5.79. The molecular formula is C13H18N2O3. The van der Waals surface area contributed by atoms with Crippen LogP contribution in [0.1, 0.15) is 12.0 Å². The number of benzene rings is 1. The molecule has 0 saturated heterocycles. The van der Waals surface area contributed by atoms with Gasteiger partial charge in [0.15, 0.2) is 0 Å². The van der Waals surface area contributed by atoms with Gasteiger partial charge in [-0.25, -0.2) is 5.06 Å². The summed E-state index contributed by atoms with van der Waals surface area (Å²) in [4.78, 5) is 16.5. The molecule has 1 atom stereocenters. The number of anilines is 1. The van der Waals surface area contributed by atoms with E-state index in [1.54, 1.807) is 7.05 Å². The van der Waals surface area contributed by atoms with Crippen molar-refractivity contribution in [1.29, 1.82) is 0 Å². The van der Waals surface area contributed by atoms with Gasteiger partial charge in [0.1, 0.15) is 11.9 Å². The van der Waals surface area contributed by atoms with Crippen molar-refractivity contribution < 1.29 is 14.4 Å². The van der Waals surface area contributed by atoms with Crippen LogP contribution in [0.3, 0.4) is 0 Å². The number of nitrogens with zero attached hydrogens (tertiary/aromatic N) is 1. The summed E-state index contributed by atoms with van der Waals surface area (Å²) in [6, 6.07) is 5.95. The second-order valence-corrected chi connectivity index (χ2v) is 4.40. The molecule has 2 rings (SSSR count). The number of hydrogen-bond donors (Lipinski definition) is 1. The Morgan fingerprint density at radius 1 is 1.61 bits per heavy atom. The molecule has 1 amide bonds. The lowest BCUT2D eigenvalue weighted by atomic mass is 10.1. The second kappa shape index (κ2) is 5.27. The summed E-state index contributed by atoms with van der Waals surface area (Å²) in [6.07, 6.45) is 0.135. The Hall–Kier alpha value is -1.75. The minimum absolute atomic E-state index is 0.0974. The van der Waals surface area contributed by atoms with Crippen LogP contribution in [0.4, 0.5) is 5.69 Å². The molecule has 0 aliphatic carbocycles. The average molecular weight is 250 g/mol. The number of amides is 1. The lowest BCUT2D eigenvalue weighted by molar-refractivity contribution is -0.170. The van der Waals surface area contributed by atoms with Crippen LogP contribution in [0.2, 0.25) is 0 Å². The van der Waals surface area contributed by atoms with Crippen LogP contribution in [0.25, 0.3) is 0 Å². The van der Waals surface area contributed by atoms with Gasteiger partial charge < -0.3 is 10.1 Å². The summed E-state index contributed by atoms with van der Waals surface area (Å²) in [5, 5.41) is 4.50. The first-order valence-electron chi connectivity index (χ1n) is 5.92. The maximum atomic E-state index is 11.7. The molecular weight excluding hydrogens is 232 g/mol. The number of aryl methyl sites for hydroxylation is 1. The first-order chi connectivity index (χ1) is 8.60. The molecule has 0 radical (unpaired) electrons. The number of fused-ring (bicyclic) bond motifs is 1. The van der Waals surface area contributed by atoms with Gasteiger partial charge in [-0.15, -0.1) is 0 Å². The lowest BCUT2D eigenvalue weighted by Gasteiger charge is -2.28. The quantitative estimate of drug-likeness (QED) is 0.827. The Labute approximate surface area is 107 Å². The fourth-order valence-electron chi connectivity index (χ4n) is 1.87. The largest absolute Gasteiger partial charge is 0.486 e. The molecule has 1 unspecified atom stereocenters. The van der Waals surface area contributed by atoms with Gasteiger partial charge in [0.25, 0.3) is 0 Å². The number of carbonyl (C=O) groups excluding carboxylic acids is 1. The monoisotopic (exact) mass is 250 g/mol. The van der Waals surface area contributed by atoms with Crippen molar-refractivity contribution in [2.45, 2.75) is 19.4 Å². The minimum atomic E-state index is -0.162. The number of ether oxygens (including phenoxy) is 1. The molecule has 0 fully saturated rings. The van der Waals surface area contributed by atoms with E-state index >= 15 is 0 Å². The predicted octanol–water partition coefficient (Wildman–Crippen LogP) is 1.58. The van der Waals surface area contributed by atoms with Crippen molar-refractivity contribution in [3.8, 4) is 5.75 Å². The van der Waals surface area contributed by atoms with Crippen LogP contribution in [-0.2, 0) is 9.63 Å². The number of hydrogen-bond acceptors (Lipinski definition) is 4. The standard InChI is InChI=1S/C13H18N2O3/c1-9-4-5-12-11(6-9)14-8-10(18-12)7-13(16)15(2)17-3/h4-6,10,14H,7-8H2,1-3H3. The molecule has 1 aliphatic rings. The highest BCUT2D eigenvalue weighted by Gasteiger charge is 2.23. The first kappa shape index (κ1) is 12.7. The molecule has 1 heterocycles. The number of rotatable bonds is 3. The van der Waals surface area contributed by atoms with Crippen molar-refractivity contribution in [2.75, 3.05) is 26.0 Å². The van der Waals surface area contributed by atoms with Gasteiger partial charge in [0.2, 0.25) is 5.91 Å². The zero-order valence-corrected chi connectivity index (χ0v) is 10.9. The molecule has 5 nitrogen and oxygen atoms in total. The summed E-state index contributed by atoms with van der Waals surface area (Å²) >= 11 is 0. The molecule has 1 N–H and O–H groups in total. The fourth-order valence-corrected chi connectivity index (χ4v) is 1.87. The zero-order chi connectivity index (χ0) is 13.1. The SMILES string of the molecule is CON(C)C(=O)CC1CNc2cc(C)ccc2O1. The van der Waals surface area contributed by atoms with Crippen molar-refractivity contribution in [3.05, 3.63) is 23.8 Å². The van der Waals surface area contributed by atoms with E-state index in [4.69, 9.17) is 9.57 Å². The minimum Gasteiger partial charge on any atom is -0.486 e. The van der Waals surface area contributed by atoms with E-state index in [1.165, 1.54) is 17.7 Å². The van der Waals surface area contributed by atoms with Crippen LogP contribution in [0.15, 0.2) is 18.2 Å². The summed E-state index contributed by atoms with van der Waals surface area (Å²) in [6.45, 7) is 2.66. The Balaban J connectivity index is 2.00. The van der Waals surface area contributed by atoms with E-state index < -0.39 is 0 Å². The maximum absolute atomic E-state index is 11.7. The Kier molecular flexibility index (Phi) is 3.72. The summed E-state index contributed by atoms with van der Waals surface area (Å²) in [5.74, 6) is 0.699. The van der Waals surface area contributed by atoms with Gasteiger partial charge in [-0.3, -0.25) is 9.63 Å². The van der Waals surface area contributed by atoms with Gasteiger partial charge in [0.05, 0.1) is 25.8 Å². The predicted molar refractivity (Wildman–Crippen MR) is 68.5 cm³/mol. The summed E-state index contributed by atoms with van der Waals surface area (Å²) in [5.41, 5.74) is 2.16. The summed E-state index contributed by atoms with van der Waals surface area (Å²) in [7, 11) is 3.06. The lowest BCUT2D eigenvalue weighted by Crippen LogP contribution is -2.37. The first-order valence-corrected chi connectivity index (χ1v) is 5.92. The van der Waals surface area contributed by atoms with Crippen LogP contribution in [0.5, 0.6) is 5.75 Å². The Bertz CT molecular complexity index is 448. The van der Waals surface area contributed by atoms with E-state index in [0.29, 0.717) is 13.0 Å².